The van der Waals surface area contributed by atoms with Gasteiger partial charge in [0.25, 0.3) is 5.69 Å². The van der Waals surface area contributed by atoms with Crippen molar-refractivity contribution in [3.05, 3.63) is 68.7 Å². The topological polar surface area (TPSA) is 52.4 Å². The molecule has 0 bridgehead atoms. The molecule has 2 rings (SSSR count). The van der Waals surface area contributed by atoms with Gasteiger partial charge in [-0.3, -0.25) is 10.1 Å². The Balaban J connectivity index is 2.00. The highest BCUT2D eigenvalue weighted by Gasteiger charge is 2.12. The van der Waals surface area contributed by atoms with Crippen molar-refractivity contribution < 1.29 is 9.66 Å². The first-order chi connectivity index (χ1) is 10.1. The largest absolute Gasteiger partial charge is 0.492 e. The van der Waals surface area contributed by atoms with Crippen molar-refractivity contribution in [1.29, 1.82) is 0 Å². The van der Waals surface area contributed by atoms with Crippen molar-refractivity contribution in [2.45, 2.75) is 11.8 Å². The predicted octanol–water partition coefficient (Wildman–Crippen LogP) is 4.76. The van der Waals surface area contributed by atoms with Gasteiger partial charge in [-0.1, -0.05) is 51.8 Å². The van der Waals surface area contributed by atoms with Crippen molar-refractivity contribution in [3.63, 3.8) is 0 Å². The molecule has 0 saturated heterocycles. The number of hydrogen-bond donors (Lipinski definition) is 0. The van der Waals surface area contributed by atoms with Gasteiger partial charge in [0.1, 0.15) is 5.75 Å². The summed E-state index contributed by atoms with van der Waals surface area (Å²) in [6.45, 7) is 0.332. The van der Waals surface area contributed by atoms with Crippen LogP contribution in [0, 0.1) is 10.1 Å². The number of nitro groups is 1. The second kappa shape index (κ2) is 7.43. The van der Waals surface area contributed by atoms with E-state index in [1.165, 1.54) is 6.07 Å². The number of para-hydroxylation sites is 1. The van der Waals surface area contributed by atoms with E-state index >= 15 is 0 Å². The van der Waals surface area contributed by atoms with E-state index in [1.807, 2.05) is 12.1 Å². The number of rotatable bonds is 6. The molecule has 21 heavy (non-hydrogen) atoms. The van der Waals surface area contributed by atoms with E-state index in [2.05, 4.69) is 15.9 Å². The summed E-state index contributed by atoms with van der Waals surface area (Å²) < 4.78 is 5.61. The molecule has 0 aromatic heterocycles. The molecule has 6 heteroatoms. The number of benzene rings is 2. The molecule has 2 aromatic carbocycles. The minimum absolute atomic E-state index is 0.113. The Morgan fingerprint density at radius 3 is 2.67 bits per heavy atom. The Kier molecular flexibility index (Phi) is 5.59. The highest BCUT2D eigenvalue weighted by Crippen LogP contribution is 2.27. The summed E-state index contributed by atoms with van der Waals surface area (Å²) in [6, 6.07) is 12.2. The summed E-state index contributed by atoms with van der Waals surface area (Å²) in [6.07, 6.45) is 0.452. The third-order valence-corrected chi connectivity index (χ3v) is 3.91. The van der Waals surface area contributed by atoms with Crippen LogP contribution in [-0.4, -0.2) is 11.5 Å². The Hall–Kier alpha value is -1.59. The molecule has 4 nitrogen and oxygen atoms in total. The number of nitro benzene ring substituents is 1. The van der Waals surface area contributed by atoms with Crippen LogP contribution in [0.15, 0.2) is 42.5 Å². The fourth-order valence-electron chi connectivity index (χ4n) is 1.92. The number of hydrogen-bond acceptors (Lipinski definition) is 3. The fraction of sp³-hybridized carbons (Fsp3) is 0.200. The van der Waals surface area contributed by atoms with Crippen LogP contribution >= 0.6 is 27.5 Å². The lowest BCUT2D eigenvalue weighted by atomic mass is 10.1. The number of halogens is 2. The fourth-order valence-corrected chi connectivity index (χ4v) is 2.52. The van der Waals surface area contributed by atoms with Crippen LogP contribution in [-0.2, 0) is 11.8 Å². The van der Waals surface area contributed by atoms with Crippen LogP contribution < -0.4 is 4.74 Å². The van der Waals surface area contributed by atoms with Gasteiger partial charge in [-0.2, -0.15) is 0 Å². The first-order valence-corrected chi connectivity index (χ1v) is 7.81. The minimum Gasteiger partial charge on any atom is -0.492 e. The third-order valence-electron chi connectivity index (χ3n) is 2.97. The maximum absolute atomic E-state index is 10.9. The van der Waals surface area contributed by atoms with Gasteiger partial charge in [0.15, 0.2) is 0 Å². The standard InChI is InChI=1S/C15H13BrClNO3/c16-10-11-5-6-15(13(17)9-11)21-8-7-12-3-1-2-4-14(12)18(19)20/h1-6,9H,7-8,10H2. The normalized spacial score (nSPS) is 10.4. The molecule has 0 aliphatic rings. The van der Waals surface area contributed by atoms with Crippen molar-refractivity contribution in [2.75, 3.05) is 6.61 Å². The summed E-state index contributed by atoms with van der Waals surface area (Å²) in [5, 5.41) is 12.2. The van der Waals surface area contributed by atoms with Crippen LogP contribution in [0.5, 0.6) is 5.75 Å². The van der Waals surface area contributed by atoms with E-state index < -0.39 is 0 Å². The Morgan fingerprint density at radius 1 is 1.24 bits per heavy atom. The zero-order valence-electron chi connectivity index (χ0n) is 11.1. The maximum atomic E-state index is 10.9. The Labute approximate surface area is 136 Å². The van der Waals surface area contributed by atoms with Crippen LogP contribution in [0.4, 0.5) is 5.69 Å². The molecular weight excluding hydrogens is 358 g/mol. The highest BCUT2D eigenvalue weighted by molar-refractivity contribution is 9.08. The molecule has 0 spiro atoms. The molecule has 0 saturated carbocycles. The van der Waals surface area contributed by atoms with Gasteiger partial charge in [-0.05, 0) is 17.7 Å². The molecule has 0 radical (unpaired) electrons. The van der Waals surface area contributed by atoms with E-state index in [0.29, 0.717) is 29.4 Å². The summed E-state index contributed by atoms with van der Waals surface area (Å²) in [4.78, 5) is 10.5. The number of ether oxygens (including phenoxy) is 1. The van der Waals surface area contributed by atoms with Gasteiger partial charge < -0.3 is 4.74 Å². The Bertz CT molecular complexity index is 649. The summed E-state index contributed by atoms with van der Waals surface area (Å²) in [7, 11) is 0. The molecular formula is C15H13BrClNO3. The van der Waals surface area contributed by atoms with Crippen molar-refractivity contribution >= 4 is 33.2 Å². The van der Waals surface area contributed by atoms with E-state index in [1.54, 1.807) is 24.3 Å². The molecule has 0 heterocycles. The van der Waals surface area contributed by atoms with Crippen LogP contribution in [0.1, 0.15) is 11.1 Å². The first-order valence-electron chi connectivity index (χ1n) is 6.31. The zero-order chi connectivity index (χ0) is 15.2. The SMILES string of the molecule is O=[N+]([O-])c1ccccc1CCOc1ccc(CBr)cc1Cl. The summed E-state index contributed by atoms with van der Waals surface area (Å²) >= 11 is 9.48. The second-order valence-electron chi connectivity index (χ2n) is 4.38. The van der Waals surface area contributed by atoms with Gasteiger partial charge in [-0.25, -0.2) is 0 Å². The molecule has 0 amide bonds. The zero-order valence-corrected chi connectivity index (χ0v) is 13.4. The van der Waals surface area contributed by atoms with Crippen molar-refractivity contribution in [1.82, 2.24) is 0 Å². The van der Waals surface area contributed by atoms with Gasteiger partial charge in [-0.15, -0.1) is 0 Å². The average Bonchev–Trinajstić information content (AvgIpc) is 2.49. The monoisotopic (exact) mass is 369 g/mol. The molecule has 0 aliphatic heterocycles. The van der Waals surface area contributed by atoms with Crippen LogP contribution in [0.3, 0.4) is 0 Å². The lowest BCUT2D eigenvalue weighted by Crippen LogP contribution is -2.04. The maximum Gasteiger partial charge on any atom is 0.272 e. The Morgan fingerprint density at radius 2 is 2.00 bits per heavy atom. The van der Waals surface area contributed by atoms with Gasteiger partial charge >= 0.3 is 0 Å². The highest BCUT2D eigenvalue weighted by atomic mass is 79.9. The molecule has 0 aliphatic carbocycles. The molecule has 0 atom stereocenters. The number of alkyl halides is 1. The summed E-state index contributed by atoms with van der Waals surface area (Å²) in [5.74, 6) is 0.583. The van der Waals surface area contributed by atoms with Crippen molar-refractivity contribution in [2.24, 2.45) is 0 Å². The quantitative estimate of drug-likeness (QED) is 0.418. The average molecular weight is 371 g/mol. The lowest BCUT2D eigenvalue weighted by molar-refractivity contribution is -0.385. The molecule has 0 unspecified atom stereocenters. The molecule has 0 fully saturated rings. The third kappa shape index (κ3) is 4.19. The van der Waals surface area contributed by atoms with E-state index in [-0.39, 0.29) is 10.6 Å². The number of nitrogens with zero attached hydrogens (tertiary/aromatic N) is 1. The summed E-state index contributed by atoms with van der Waals surface area (Å²) in [5.41, 5.74) is 1.82. The second-order valence-corrected chi connectivity index (χ2v) is 5.35. The predicted molar refractivity (Wildman–Crippen MR) is 86.4 cm³/mol. The molecule has 2 aromatic rings. The van der Waals surface area contributed by atoms with Crippen LogP contribution in [0.2, 0.25) is 5.02 Å². The molecule has 0 N–H and O–H groups in total. The smallest absolute Gasteiger partial charge is 0.272 e. The van der Waals surface area contributed by atoms with E-state index in [9.17, 15) is 10.1 Å². The first kappa shape index (κ1) is 15.8. The van der Waals surface area contributed by atoms with Gasteiger partial charge in [0.2, 0.25) is 0 Å². The van der Waals surface area contributed by atoms with Gasteiger partial charge in [0.05, 0.1) is 16.6 Å². The lowest BCUT2D eigenvalue weighted by Gasteiger charge is -2.09. The van der Waals surface area contributed by atoms with Gasteiger partial charge in [0, 0.05) is 23.4 Å². The van der Waals surface area contributed by atoms with E-state index in [4.69, 9.17) is 16.3 Å². The van der Waals surface area contributed by atoms with E-state index in [0.717, 1.165) is 10.9 Å². The van der Waals surface area contributed by atoms with Crippen LogP contribution in [0.25, 0.3) is 0 Å². The van der Waals surface area contributed by atoms with Crippen molar-refractivity contribution in [3.8, 4) is 5.75 Å². The molecule has 110 valence electrons. The minimum atomic E-state index is -0.382.